The summed E-state index contributed by atoms with van der Waals surface area (Å²) >= 11 is 7.03. The Bertz CT molecular complexity index is 576. The zero-order chi connectivity index (χ0) is 16.4. The van der Waals surface area contributed by atoms with Crippen molar-refractivity contribution in [3.05, 3.63) is 16.0 Å². The van der Waals surface area contributed by atoms with Gasteiger partial charge in [0.05, 0.1) is 24.9 Å². The summed E-state index contributed by atoms with van der Waals surface area (Å²) < 4.78 is 10.6. The molecule has 1 aliphatic rings. The highest BCUT2D eigenvalue weighted by Crippen LogP contribution is 2.33. The number of thiophene rings is 1. The van der Waals surface area contributed by atoms with E-state index in [1.807, 2.05) is 27.7 Å². The highest BCUT2D eigenvalue weighted by molar-refractivity contribution is 7.80. The second kappa shape index (κ2) is 6.93. The Kier molecular flexibility index (Phi) is 5.41. The number of hydrogen-bond acceptors (Lipinski definition) is 5. The fourth-order valence-corrected chi connectivity index (χ4v) is 3.95. The van der Waals surface area contributed by atoms with Crippen molar-refractivity contribution in [2.75, 3.05) is 25.5 Å². The number of carbonyl (C=O) groups is 1. The Morgan fingerprint density at radius 1 is 1.36 bits per heavy atom. The Balaban J connectivity index is 2.18. The van der Waals surface area contributed by atoms with Crippen LogP contribution in [0.15, 0.2) is 0 Å². The van der Waals surface area contributed by atoms with Gasteiger partial charge in [-0.25, -0.2) is 4.79 Å². The first-order valence-corrected chi connectivity index (χ1v) is 8.45. The van der Waals surface area contributed by atoms with Gasteiger partial charge in [-0.1, -0.05) is 0 Å². The number of esters is 1. The van der Waals surface area contributed by atoms with E-state index in [1.165, 1.54) is 18.4 Å². The smallest absolute Gasteiger partial charge is 0.341 e. The van der Waals surface area contributed by atoms with Crippen LogP contribution in [0.5, 0.6) is 0 Å². The average Bonchev–Trinajstić information content (AvgIpc) is 2.72. The fraction of sp³-hybridized carbons (Fsp3) is 0.600. The Morgan fingerprint density at radius 3 is 2.50 bits per heavy atom. The number of nitrogens with zero attached hydrogens (tertiary/aromatic N) is 1. The van der Waals surface area contributed by atoms with Gasteiger partial charge in [0.1, 0.15) is 5.00 Å². The zero-order valence-electron chi connectivity index (χ0n) is 13.6. The molecular formula is C15H22N2O3S2. The molecule has 2 heterocycles. The van der Waals surface area contributed by atoms with Crippen molar-refractivity contribution in [1.82, 2.24) is 4.90 Å². The van der Waals surface area contributed by atoms with E-state index in [1.54, 1.807) is 0 Å². The lowest BCUT2D eigenvalue weighted by molar-refractivity contribution is -0.0473. The van der Waals surface area contributed by atoms with Crippen LogP contribution >= 0.6 is 23.6 Å². The minimum Gasteiger partial charge on any atom is -0.465 e. The summed E-state index contributed by atoms with van der Waals surface area (Å²) in [4.78, 5) is 15.2. The zero-order valence-corrected chi connectivity index (χ0v) is 15.2. The van der Waals surface area contributed by atoms with Gasteiger partial charge in [-0.15, -0.1) is 11.3 Å². The van der Waals surface area contributed by atoms with Crippen molar-refractivity contribution in [2.45, 2.75) is 39.9 Å². The number of morpholine rings is 1. The van der Waals surface area contributed by atoms with Crippen LogP contribution in [0.25, 0.3) is 0 Å². The number of carbonyl (C=O) groups excluding carboxylic acids is 1. The van der Waals surface area contributed by atoms with Crippen molar-refractivity contribution in [1.29, 1.82) is 0 Å². The third-order valence-corrected chi connectivity index (χ3v) is 5.19. The van der Waals surface area contributed by atoms with Crippen molar-refractivity contribution in [3.8, 4) is 0 Å². The molecule has 1 saturated heterocycles. The predicted molar refractivity (Wildman–Crippen MR) is 92.9 cm³/mol. The molecule has 122 valence electrons. The van der Waals surface area contributed by atoms with Gasteiger partial charge in [0.15, 0.2) is 5.11 Å². The van der Waals surface area contributed by atoms with Crippen molar-refractivity contribution in [3.63, 3.8) is 0 Å². The summed E-state index contributed by atoms with van der Waals surface area (Å²) in [7, 11) is 1.39. The summed E-state index contributed by atoms with van der Waals surface area (Å²) in [5.41, 5.74) is 1.51. The van der Waals surface area contributed by atoms with E-state index in [0.29, 0.717) is 10.7 Å². The molecule has 0 aliphatic carbocycles. The van der Waals surface area contributed by atoms with Crippen LogP contribution in [0.1, 0.15) is 34.6 Å². The number of methoxy groups -OCH3 is 1. The lowest BCUT2D eigenvalue weighted by Crippen LogP contribution is -2.49. The first kappa shape index (κ1) is 17.2. The summed E-state index contributed by atoms with van der Waals surface area (Å²) in [6.07, 6.45) is 0.269. The van der Waals surface area contributed by atoms with Crippen LogP contribution in [0.3, 0.4) is 0 Å². The third-order valence-electron chi connectivity index (χ3n) is 3.70. The minimum absolute atomic E-state index is 0.135. The first-order chi connectivity index (χ1) is 10.3. The van der Waals surface area contributed by atoms with E-state index in [-0.39, 0.29) is 18.2 Å². The number of rotatable bonds is 2. The molecular weight excluding hydrogens is 320 g/mol. The number of nitrogens with one attached hydrogen (secondary N) is 1. The van der Waals surface area contributed by atoms with E-state index in [2.05, 4.69) is 10.2 Å². The third kappa shape index (κ3) is 3.59. The largest absolute Gasteiger partial charge is 0.465 e. The van der Waals surface area contributed by atoms with E-state index in [0.717, 1.165) is 28.5 Å². The molecule has 5 nitrogen and oxygen atoms in total. The maximum absolute atomic E-state index is 12.0. The van der Waals surface area contributed by atoms with Gasteiger partial charge < -0.3 is 19.7 Å². The van der Waals surface area contributed by atoms with Crippen molar-refractivity contribution < 1.29 is 14.3 Å². The second-order valence-corrected chi connectivity index (χ2v) is 7.18. The molecule has 22 heavy (non-hydrogen) atoms. The fourth-order valence-electron chi connectivity index (χ4n) is 2.58. The number of aryl methyl sites for hydroxylation is 1. The number of ether oxygens (including phenoxy) is 2. The summed E-state index contributed by atoms with van der Waals surface area (Å²) in [5.74, 6) is -0.337. The second-order valence-electron chi connectivity index (χ2n) is 5.57. The van der Waals surface area contributed by atoms with Gasteiger partial charge in [0.2, 0.25) is 0 Å². The molecule has 1 aromatic rings. The molecule has 0 bridgehead atoms. The number of hydrogen-bond donors (Lipinski definition) is 1. The monoisotopic (exact) mass is 342 g/mol. The van der Waals surface area contributed by atoms with E-state index >= 15 is 0 Å². The number of thiocarbonyl (C=S) groups is 1. The summed E-state index contributed by atoms with van der Waals surface area (Å²) in [5, 5.41) is 4.59. The Hall–Kier alpha value is -1.18. The molecule has 1 N–H and O–H groups in total. The quantitative estimate of drug-likeness (QED) is 0.659. The van der Waals surface area contributed by atoms with E-state index < -0.39 is 0 Å². The van der Waals surface area contributed by atoms with Gasteiger partial charge in [-0.05, 0) is 45.5 Å². The van der Waals surface area contributed by atoms with Gasteiger partial charge in [0, 0.05) is 18.0 Å². The van der Waals surface area contributed by atoms with Crippen LogP contribution in [-0.2, 0) is 9.47 Å². The van der Waals surface area contributed by atoms with Gasteiger partial charge in [0.25, 0.3) is 0 Å². The number of anilines is 1. The highest BCUT2D eigenvalue weighted by Gasteiger charge is 2.26. The maximum atomic E-state index is 12.0. The molecule has 7 heteroatoms. The molecule has 2 rings (SSSR count). The normalized spacial score (nSPS) is 21.6. The molecule has 0 amide bonds. The van der Waals surface area contributed by atoms with Crippen molar-refractivity contribution in [2.24, 2.45) is 0 Å². The van der Waals surface area contributed by atoms with Crippen LogP contribution in [0, 0.1) is 13.8 Å². The van der Waals surface area contributed by atoms with E-state index in [9.17, 15) is 4.79 Å². The molecule has 0 radical (unpaired) electrons. The highest BCUT2D eigenvalue weighted by atomic mass is 32.1. The van der Waals surface area contributed by atoms with Gasteiger partial charge in [-0.3, -0.25) is 0 Å². The van der Waals surface area contributed by atoms with Crippen molar-refractivity contribution >= 4 is 39.6 Å². The van der Waals surface area contributed by atoms with Crippen LogP contribution in [0.2, 0.25) is 0 Å². The molecule has 0 spiro atoms. The molecule has 1 aromatic heterocycles. The Morgan fingerprint density at radius 2 is 1.95 bits per heavy atom. The summed E-state index contributed by atoms with van der Waals surface area (Å²) in [6, 6.07) is 0. The predicted octanol–water partition coefficient (Wildman–Crippen LogP) is 2.96. The molecule has 0 unspecified atom stereocenters. The van der Waals surface area contributed by atoms with Crippen LogP contribution in [-0.4, -0.2) is 48.4 Å². The molecule has 0 aromatic carbocycles. The van der Waals surface area contributed by atoms with Crippen LogP contribution < -0.4 is 5.32 Å². The lowest BCUT2D eigenvalue weighted by Gasteiger charge is -2.36. The molecule has 0 saturated carbocycles. The first-order valence-electron chi connectivity index (χ1n) is 7.23. The van der Waals surface area contributed by atoms with Crippen LogP contribution in [0.4, 0.5) is 5.00 Å². The standard InChI is InChI=1S/C15H22N2O3S2/c1-8-6-17(7-9(2)20-8)15(21)16-13-12(14(18)19-5)10(3)11(4)22-13/h8-9H,6-7H2,1-5H3,(H,16,21)/t8-,9-/m0/s1. The van der Waals surface area contributed by atoms with Gasteiger partial charge >= 0.3 is 5.97 Å². The molecule has 2 atom stereocenters. The maximum Gasteiger partial charge on any atom is 0.341 e. The average molecular weight is 342 g/mol. The SMILES string of the molecule is COC(=O)c1c(NC(=S)N2C[C@H](C)O[C@@H](C)C2)sc(C)c1C. The topological polar surface area (TPSA) is 50.8 Å². The van der Waals surface area contributed by atoms with Gasteiger partial charge in [-0.2, -0.15) is 0 Å². The van der Waals surface area contributed by atoms with E-state index in [4.69, 9.17) is 21.7 Å². The lowest BCUT2D eigenvalue weighted by atomic mass is 10.1. The molecule has 1 aliphatic heterocycles. The Labute approximate surface area is 140 Å². The minimum atomic E-state index is -0.337. The molecule has 1 fully saturated rings. The summed E-state index contributed by atoms with van der Waals surface area (Å²) in [6.45, 7) is 9.46.